The monoisotopic (exact) mass is 673 g/mol. The van der Waals surface area contributed by atoms with Gasteiger partial charge in [-0.1, -0.05) is 100 Å². The molecule has 0 amide bonds. The topological polar surface area (TPSA) is 47.6 Å². The highest BCUT2D eigenvalue weighted by Gasteiger charge is 2.38. The van der Waals surface area contributed by atoms with Crippen molar-refractivity contribution in [2.75, 3.05) is 26.8 Å². The van der Waals surface area contributed by atoms with Crippen LogP contribution in [-0.2, 0) is 34.0 Å². The Balaban J connectivity index is 1.53. The van der Waals surface area contributed by atoms with Gasteiger partial charge in [0.2, 0.25) is 0 Å². The van der Waals surface area contributed by atoms with Crippen LogP contribution in [-0.4, -0.2) is 32.8 Å². The number of hydrogen-bond donors (Lipinski definition) is 1. The third-order valence-electron chi connectivity index (χ3n) is 7.30. The predicted molar refractivity (Wildman–Crippen MR) is 167 cm³/mol. The first kappa shape index (κ1) is 32.6. The molecule has 0 heterocycles. The highest BCUT2D eigenvalue weighted by atomic mass is 79.9. The molecule has 4 rings (SSSR count). The number of alkyl halides is 3. The fourth-order valence-electron chi connectivity index (χ4n) is 5.11. The van der Waals surface area contributed by atoms with Gasteiger partial charge in [0.05, 0.1) is 30.7 Å². The van der Waals surface area contributed by atoms with Crippen molar-refractivity contribution < 1.29 is 27.4 Å². The molecule has 0 aromatic heterocycles. The van der Waals surface area contributed by atoms with E-state index in [1.807, 2.05) is 78.9 Å². The van der Waals surface area contributed by atoms with E-state index in [0.717, 1.165) is 27.2 Å². The molecule has 0 atom stereocenters. The summed E-state index contributed by atoms with van der Waals surface area (Å²) < 4.78 is 52.7. The molecule has 0 bridgehead atoms. The molecule has 0 saturated carbocycles. The van der Waals surface area contributed by atoms with Crippen molar-refractivity contribution >= 4 is 33.5 Å². The van der Waals surface area contributed by atoms with Gasteiger partial charge in [-0.3, -0.25) is 4.79 Å². The predicted octanol–water partition coefficient (Wildman–Crippen LogP) is 8.42. The van der Waals surface area contributed by atoms with Gasteiger partial charge >= 0.3 is 12.1 Å². The summed E-state index contributed by atoms with van der Waals surface area (Å²) in [5.74, 6) is 0.304. The van der Waals surface area contributed by atoms with Gasteiger partial charge in [-0.15, -0.1) is 0 Å². The summed E-state index contributed by atoms with van der Waals surface area (Å²) in [7, 11) is 1.35. The van der Waals surface area contributed by atoms with Gasteiger partial charge in [-0.25, -0.2) is 0 Å². The molecule has 0 unspecified atom stereocenters. The number of esters is 1. The zero-order valence-corrected chi connectivity index (χ0v) is 25.9. The first-order valence-corrected chi connectivity index (χ1v) is 15.0. The first-order chi connectivity index (χ1) is 20.6. The molecule has 4 aromatic carbocycles. The van der Waals surface area contributed by atoms with E-state index in [1.54, 1.807) is 6.07 Å². The minimum atomic E-state index is -4.55. The summed E-state index contributed by atoms with van der Waals surface area (Å²) in [5.41, 5.74) is 1.58. The summed E-state index contributed by atoms with van der Waals surface area (Å²) in [4.78, 5) is 11.7. The zero-order chi connectivity index (χ0) is 30.9. The van der Waals surface area contributed by atoms with Crippen LogP contribution in [0.5, 0.6) is 5.75 Å². The number of methoxy groups -OCH3 is 1. The number of carbonyl (C=O) groups excluding carboxylic acids is 1. The maximum absolute atomic E-state index is 13.7. The van der Waals surface area contributed by atoms with Crippen LogP contribution in [0.4, 0.5) is 13.2 Å². The number of ether oxygens (including phenoxy) is 2. The third kappa shape index (κ3) is 8.40. The number of carbonyl (C=O) groups is 1. The number of benzene rings is 4. The fraction of sp³-hybridized carbons (Fsp3) is 0.265. The smallest absolute Gasteiger partial charge is 0.417 e. The lowest BCUT2D eigenvalue weighted by Crippen LogP contribution is -2.42. The quantitative estimate of drug-likeness (QED) is 0.114. The van der Waals surface area contributed by atoms with Crippen molar-refractivity contribution in [2.45, 2.75) is 30.9 Å². The molecule has 226 valence electrons. The van der Waals surface area contributed by atoms with Crippen LogP contribution >= 0.6 is 27.5 Å². The second kappa shape index (κ2) is 14.9. The van der Waals surface area contributed by atoms with E-state index in [9.17, 15) is 18.0 Å². The van der Waals surface area contributed by atoms with E-state index in [0.29, 0.717) is 37.4 Å². The van der Waals surface area contributed by atoms with E-state index in [1.165, 1.54) is 13.2 Å². The Morgan fingerprint density at radius 2 is 1.53 bits per heavy atom. The van der Waals surface area contributed by atoms with E-state index in [4.69, 9.17) is 21.1 Å². The average molecular weight is 675 g/mol. The van der Waals surface area contributed by atoms with E-state index < -0.39 is 17.2 Å². The lowest BCUT2D eigenvalue weighted by atomic mass is 9.70. The molecule has 0 aliphatic heterocycles. The molecule has 0 radical (unpaired) electrons. The Bertz CT molecular complexity index is 1460. The van der Waals surface area contributed by atoms with Crippen LogP contribution in [0.3, 0.4) is 0 Å². The molecule has 43 heavy (non-hydrogen) atoms. The van der Waals surface area contributed by atoms with Crippen molar-refractivity contribution in [1.29, 1.82) is 0 Å². The number of hydrogen-bond acceptors (Lipinski definition) is 4. The van der Waals surface area contributed by atoms with Gasteiger partial charge in [0.1, 0.15) is 5.75 Å². The van der Waals surface area contributed by atoms with Crippen LogP contribution in [0, 0.1) is 0 Å². The Kier molecular flexibility index (Phi) is 11.3. The number of rotatable bonds is 13. The molecule has 4 nitrogen and oxygen atoms in total. The lowest BCUT2D eigenvalue weighted by molar-refractivity contribution is -0.140. The molecule has 0 aliphatic rings. The Labute approximate surface area is 263 Å². The second-order valence-electron chi connectivity index (χ2n) is 10.2. The molecule has 0 fully saturated rings. The second-order valence-corrected chi connectivity index (χ2v) is 11.4. The summed E-state index contributed by atoms with van der Waals surface area (Å²) in [5, 5.41) is 3.26. The molecule has 9 heteroatoms. The maximum Gasteiger partial charge on any atom is 0.417 e. The van der Waals surface area contributed by atoms with E-state index >= 15 is 0 Å². The molecule has 1 N–H and O–H groups in total. The first-order valence-electron chi connectivity index (χ1n) is 13.8. The van der Waals surface area contributed by atoms with Crippen LogP contribution < -0.4 is 10.1 Å². The van der Waals surface area contributed by atoms with Crippen LogP contribution in [0.2, 0.25) is 5.02 Å². The highest BCUT2D eigenvalue weighted by Crippen LogP contribution is 2.41. The minimum Gasteiger partial charge on any atom is -0.494 e. The number of halogens is 5. The molecule has 0 aliphatic carbocycles. The summed E-state index contributed by atoms with van der Waals surface area (Å²) in [6.07, 6.45) is -3.49. The van der Waals surface area contributed by atoms with Crippen molar-refractivity contribution in [3.8, 4) is 5.75 Å². The van der Waals surface area contributed by atoms with Crippen LogP contribution in [0.15, 0.2) is 102 Å². The molecular weight excluding hydrogens is 643 g/mol. The van der Waals surface area contributed by atoms with Gasteiger partial charge in [0.15, 0.2) is 0 Å². The van der Waals surface area contributed by atoms with Crippen molar-refractivity contribution in [2.24, 2.45) is 0 Å². The van der Waals surface area contributed by atoms with Gasteiger partial charge in [-0.2, -0.15) is 13.2 Å². The lowest BCUT2D eigenvalue weighted by Gasteiger charge is -2.36. The Morgan fingerprint density at radius 3 is 2.14 bits per heavy atom. The summed E-state index contributed by atoms with van der Waals surface area (Å²) >= 11 is 9.86. The third-order valence-corrected chi connectivity index (χ3v) is 8.52. The molecule has 4 aromatic rings. The van der Waals surface area contributed by atoms with Gasteiger partial charge in [0.25, 0.3) is 0 Å². The van der Waals surface area contributed by atoms with Crippen molar-refractivity contribution in [1.82, 2.24) is 5.32 Å². The largest absolute Gasteiger partial charge is 0.494 e. The van der Waals surface area contributed by atoms with E-state index in [-0.39, 0.29) is 23.8 Å². The van der Waals surface area contributed by atoms with Gasteiger partial charge in [-0.05, 0) is 65.9 Å². The SMILES string of the molecule is COC(=O)Cc1cc(OCCCNCC(Cc2cccc(C(F)(F)F)c2Cl)(c2ccccc2)c2ccccc2)ccc1Br. The van der Waals surface area contributed by atoms with Crippen LogP contribution in [0.25, 0.3) is 0 Å². The van der Waals surface area contributed by atoms with Gasteiger partial charge < -0.3 is 14.8 Å². The average Bonchev–Trinajstić information content (AvgIpc) is 3.00. The minimum absolute atomic E-state index is 0.132. The molecule has 0 spiro atoms. The van der Waals surface area contributed by atoms with E-state index in [2.05, 4.69) is 21.2 Å². The Morgan fingerprint density at radius 1 is 0.884 bits per heavy atom. The highest BCUT2D eigenvalue weighted by molar-refractivity contribution is 9.10. The fourth-order valence-corrected chi connectivity index (χ4v) is 5.79. The van der Waals surface area contributed by atoms with Crippen molar-refractivity contribution in [3.05, 3.63) is 134 Å². The standard InChI is InChI=1S/C34H32BrClF3NO3/c1-42-31(41)21-25-20-28(16-17-30(25)35)43-19-9-18-40-23-33(26-11-4-2-5-12-26,27-13-6-3-7-14-27)22-24-10-8-15-29(32(24)36)34(37,38)39/h2-8,10-17,20,40H,9,18-19,21-23H2,1H3. The normalized spacial score (nSPS) is 11.8. The molecular formula is C34H32BrClF3NO3. The number of nitrogens with one attached hydrogen (secondary N) is 1. The molecule has 0 saturated heterocycles. The maximum atomic E-state index is 13.7. The van der Waals surface area contributed by atoms with Gasteiger partial charge in [0, 0.05) is 16.4 Å². The zero-order valence-electron chi connectivity index (χ0n) is 23.6. The summed E-state index contributed by atoms with van der Waals surface area (Å²) in [6.45, 7) is 1.48. The van der Waals surface area contributed by atoms with Crippen LogP contribution in [0.1, 0.15) is 34.2 Å². The summed E-state index contributed by atoms with van der Waals surface area (Å²) in [6, 6.07) is 29.1. The Hall–Kier alpha value is -3.33. The van der Waals surface area contributed by atoms with Crippen molar-refractivity contribution in [3.63, 3.8) is 0 Å².